The lowest BCUT2D eigenvalue weighted by Crippen LogP contribution is -2.22. The molecule has 0 spiro atoms. The van der Waals surface area contributed by atoms with E-state index in [1.807, 2.05) is 0 Å². The van der Waals surface area contributed by atoms with Crippen LogP contribution in [0.2, 0.25) is 5.02 Å². The van der Waals surface area contributed by atoms with Crippen LogP contribution in [0.3, 0.4) is 0 Å². The summed E-state index contributed by atoms with van der Waals surface area (Å²) in [6.45, 7) is 0.232. The fourth-order valence-electron chi connectivity index (χ4n) is 2.48. The number of carbonyl (C=O) groups excluding carboxylic acids is 1. The van der Waals surface area contributed by atoms with Gasteiger partial charge < -0.3 is 15.3 Å². The molecule has 6 heteroatoms. The van der Waals surface area contributed by atoms with Crippen LogP contribution in [0.4, 0.5) is 5.82 Å². The lowest BCUT2D eigenvalue weighted by molar-refractivity contribution is 0.0827. The third-order valence-electron chi connectivity index (χ3n) is 3.63. The number of anilines is 1. The Balaban J connectivity index is 2.05. The van der Waals surface area contributed by atoms with Gasteiger partial charge >= 0.3 is 0 Å². The first-order valence-corrected chi connectivity index (χ1v) is 7.13. The van der Waals surface area contributed by atoms with Gasteiger partial charge in [0.2, 0.25) is 0 Å². The maximum atomic E-state index is 11.8. The molecule has 2 rings (SSSR count). The fraction of sp³-hybridized carbons (Fsp3) is 0.571. The number of halogens is 1. The first-order valence-electron chi connectivity index (χ1n) is 6.76. The van der Waals surface area contributed by atoms with Crippen molar-refractivity contribution < 1.29 is 9.90 Å². The highest BCUT2D eigenvalue weighted by Crippen LogP contribution is 2.29. The van der Waals surface area contributed by atoms with Crippen LogP contribution in [-0.4, -0.2) is 47.6 Å². The van der Waals surface area contributed by atoms with Gasteiger partial charge in [0.25, 0.3) is 5.91 Å². The zero-order valence-corrected chi connectivity index (χ0v) is 12.5. The lowest BCUT2D eigenvalue weighted by Gasteiger charge is -2.16. The van der Waals surface area contributed by atoms with E-state index in [-0.39, 0.29) is 18.6 Å². The van der Waals surface area contributed by atoms with E-state index in [0.29, 0.717) is 22.3 Å². The molecule has 1 amide bonds. The number of aliphatic hydroxyl groups is 1. The highest BCUT2D eigenvalue weighted by molar-refractivity contribution is 6.33. The minimum Gasteiger partial charge on any atom is -0.396 e. The van der Waals surface area contributed by atoms with E-state index in [9.17, 15) is 4.79 Å². The van der Waals surface area contributed by atoms with Crippen LogP contribution in [-0.2, 0) is 0 Å². The van der Waals surface area contributed by atoms with E-state index >= 15 is 0 Å². The number of hydrogen-bond acceptors (Lipinski definition) is 4. The Labute approximate surface area is 123 Å². The Kier molecular flexibility index (Phi) is 4.83. The molecule has 1 aromatic rings. The van der Waals surface area contributed by atoms with Gasteiger partial charge in [-0.2, -0.15) is 0 Å². The Bertz CT molecular complexity index is 493. The van der Waals surface area contributed by atoms with Crippen LogP contribution in [0.15, 0.2) is 12.3 Å². The zero-order valence-electron chi connectivity index (χ0n) is 11.8. The predicted molar refractivity (Wildman–Crippen MR) is 79.1 cm³/mol. The molecular formula is C14H20ClN3O2. The number of aliphatic hydroxyl groups excluding tert-OH is 1. The van der Waals surface area contributed by atoms with Gasteiger partial charge in [-0.25, -0.2) is 4.98 Å². The molecule has 20 heavy (non-hydrogen) atoms. The summed E-state index contributed by atoms with van der Waals surface area (Å²) in [5.41, 5.74) is 0.477. The summed E-state index contributed by atoms with van der Waals surface area (Å²) in [4.78, 5) is 17.5. The molecule has 2 atom stereocenters. The quantitative estimate of drug-likeness (QED) is 0.892. The highest BCUT2D eigenvalue weighted by atomic mass is 35.5. The SMILES string of the molecule is CN(C)C(=O)c1cnc(N[C@H]2CC[C@@H](CO)C2)c(Cl)c1. The predicted octanol–water partition coefficient (Wildman–Crippen LogP) is 2.01. The second-order valence-corrected chi connectivity index (χ2v) is 5.86. The molecular weight excluding hydrogens is 278 g/mol. The van der Waals surface area contributed by atoms with Gasteiger partial charge in [-0.05, 0) is 31.2 Å². The van der Waals surface area contributed by atoms with Crippen molar-refractivity contribution in [1.82, 2.24) is 9.88 Å². The van der Waals surface area contributed by atoms with Gasteiger partial charge in [-0.1, -0.05) is 11.6 Å². The number of nitrogens with one attached hydrogen (secondary N) is 1. The van der Waals surface area contributed by atoms with E-state index in [2.05, 4.69) is 10.3 Å². The standard InChI is InChI=1S/C14H20ClN3O2/c1-18(2)14(20)10-6-12(15)13(16-7-10)17-11-4-3-9(5-11)8-19/h6-7,9,11,19H,3-5,8H2,1-2H3,(H,16,17)/t9-,11+/m1/s1. The fourth-order valence-corrected chi connectivity index (χ4v) is 2.71. The molecule has 1 fully saturated rings. The van der Waals surface area contributed by atoms with Crippen molar-refractivity contribution in [3.8, 4) is 0 Å². The van der Waals surface area contributed by atoms with Gasteiger partial charge in [0, 0.05) is 32.9 Å². The van der Waals surface area contributed by atoms with Crippen LogP contribution in [0.25, 0.3) is 0 Å². The Morgan fingerprint density at radius 1 is 1.55 bits per heavy atom. The van der Waals surface area contributed by atoms with Crippen molar-refractivity contribution in [3.05, 3.63) is 22.8 Å². The van der Waals surface area contributed by atoms with E-state index in [0.717, 1.165) is 19.3 Å². The second-order valence-electron chi connectivity index (χ2n) is 5.46. The minimum absolute atomic E-state index is 0.118. The van der Waals surface area contributed by atoms with Crippen molar-refractivity contribution in [1.29, 1.82) is 0 Å². The van der Waals surface area contributed by atoms with Crippen LogP contribution in [0, 0.1) is 5.92 Å². The number of carbonyl (C=O) groups is 1. The van der Waals surface area contributed by atoms with Gasteiger partial charge in [0.15, 0.2) is 0 Å². The largest absolute Gasteiger partial charge is 0.396 e. The normalized spacial score (nSPS) is 21.8. The molecule has 0 radical (unpaired) electrons. The molecule has 1 aliphatic carbocycles. The van der Waals surface area contributed by atoms with Crippen LogP contribution in [0.1, 0.15) is 29.6 Å². The van der Waals surface area contributed by atoms with Gasteiger partial charge in [0.1, 0.15) is 5.82 Å². The average Bonchev–Trinajstić information content (AvgIpc) is 2.88. The molecule has 1 heterocycles. The molecule has 5 nitrogen and oxygen atoms in total. The summed E-state index contributed by atoms with van der Waals surface area (Å²) in [5, 5.41) is 12.9. The first kappa shape index (κ1) is 15.1. The Hall–Kier alpha value is -1.33. The summed E-state index contributed by atoms with van der Waals surface area (Å²) >= 11 is 6.18. The van der Waals surface area contributed by atoms with Crippen molar-refractivity contribution in [2.24, 2.45) is 5.92 Å². The lowest BCUT2D eigenvalue weighted by atomic mass is 10.1. The molecule has 1 aromatic heterocycles. The van der Waals surface area contributed by atoms with E-state index < -0.39 is 0 Å². The summed E-state index contributed by atoms with van der Waals surface area (Å²) < 4.78 is 0. The summed E-state index contributed by atoms with van der Waals surface area (Å²) in [6, 6.07) is 1.92. The van der Waals surface area contributed by atoms with Gasteiger partial charge in [0.05, 0.1) is 10.6 Å². The topological polar surface area (TPSA) is 65.5 Å². The van der Waals surface area contributed by atoms with Crippen LogP contribution < -0.4 is 5.32 Å². The van der Waals surface area contributed by atoms with E-state index in [1.165, 1.54) is 11.1 Å². The third kappa shape index (κ3) is 3.41. The van der Waals surface area contributed by atoms with Gasteiger partial charge in [-0.3, -0.25) is 4.79 Å². The van der Waals surface area contributed by atoms with Gasteiger partial charge in [-0.15, -0.1) is 0 Å². The molecule has 110 valence electrons. The monoisotopic (exact) mass is 297 g/mol. The maximum absolute atomic E-state index is 11.8. The number of amides is 1. The number of pyridine rings is 1. The first-order chi connectivity index (χ1) is 9.51. The maximum Gasteiger partial charge on any atom is 0.254 e. The van der Waals surface area contributed by atoms with Crippen molar-refractivity contribution in [2.45, 2.75) is 25.3 Å². The molecule has 1 aliphatic rings. The van der Waals surface area contributed by atoms with E-state index in [1.54, 1.807) is 20.2 Å². The third-order valence-corrected chi connectivity index (χ3v) is 3.92. The number of aromatic nitrogens is 1. The number of hydrogen-bond donors (Lipinski definition) is 2. The number of nitrogens with zero attached hydrogens (tertiary/aromatic N) is 2. The zero-order chi connectivity index (χ0) is 14.7. The van der Waals surface area contributed by atoms with Crippen molar-refractivity contribution in [3.63, 3.8) is 0 Å². The molecule has 0 saturated heterocycles. The van der Waals surface area contributed by atoms with Crippen molar-refractivity contribution >= 4 is 23.3 Å². The minimum atomic E-state index is -0.118. The Morgan fingerprint density at radius 3 is 2.85 bits per heavy atom. The van der Waals surface area contributed by atoms with E-state index in [4.69, 9.17) is 16.7 Å². The molecule has 1 saturated carbocycles. The van der Waals surface area contributed by atoms with Crippen LogP contribution in [0.5, 0.6) is 0 Å². The average molecular weight is 298 g/mol. The summed E-state index contributed by atoms with van der Waals surface area (Å²) in [5.74, 6) is 0.846. The molecule has 0 aliphatic heterocycles. The van der Waals surface area contributed by atoms with Crippen molar-refractivity contribution in [2.75, 3.05) is 26.0 Å². The highest BCUT2D eigenvalue weighted by Gasteiger charge is 2.24. The smallest absolute Gasteiger partial charge is 0.254 e. The second kappa shape index (κ2) is 6.41. The summed E-state index contributed by atoms with van der Waals surface area (Å²) in [7, 11) is 3.38. The Morgan fingerprint density at radius 2 is 2.30 bits per heavy atom. The van der Waals surface area contributed by atoms with Crippen LogP contribution >= 0.6 is 11.6 Å². The molecule has 0 unspecified atom stereocenters. The number of rotatable bonds is 4. The molecule has 2 N–H and O–H groups in total. The summed E-state index contributed by atoms with van der Waals surface area (Å²) in [6.07, 6.45) is 4.48. The molecule has 0 aromatic carbocycles. The molecule has 0 bridgehead atoms.